The largest absolute Gasteiger partial charge is 0.330 e. The highest BCUT2D eigenvalue weighted by Crippen LogP contribution is 2.24. The van der Waals surface area contributed by atoms with Crippen LogP contribution in [0, 0.1) is 0 Å². The van der Waals surface area contributed by atoms with Crippen molar-refractivity contribution >= 4 is 10.9 Å². The second-order valence-corrected chi connectivity index (χ2v) is 4.62. The zero-order valence-corrected chi connectivity index (χ0v) is 9.78. The molecule has 3 nitrogen and oxygen atoms in total. The smallest absolute Gasteiger partial charge is 0.254 e. The summed E-state index contributed by atoms with van der Waals surface area (Å²) >= 11 is 0. The van der Waals surface area contributed by atoms with Gasteiger partial charge in [-0.05, 0) is 42.8 Å². The van der Waals surface area contributed by atoms with Gasteiger partial charge in [0.25, 0.3) is 5.56 Å². The lowest BCUT2D eigenvalue weighted by Gasteiger charge is -2.07. The highest BCUT2D eigenvalue weighted by atomic mass is 16.1. The summed E-state index contributed by atoms with van der Waals surface area (Å²) in [6.07, 6.45) is 2.64. The highest BCUT2D eigenvalue weighted by Gasteiger charge is 2.16. The molecule has 0 atom stereocenters. The van der Waals surface area contributed by atoms with E-state index in [2.05, 4.69) is 18.2 Å². The molecule has 2 heterocycles. The molecule has 2 N–H and O–H groups in total. The molecule has 3 rings (SSSR count). The average Bonchev–Trinajstić information content (AvgIpc) is 2.78. The van der Waals surface area contributed by atoms with Crippen molar-refractivity contribution < 1.29 is 0 Å². The topological polar surface area (TPSA) is 48.0 Å². The Morgan fingerprint density at radius 1 is 1.35 bits per heavy atom. The van der Waals surface area contributed by atoms with Crippen molar-refractivity contribution in [3.05, 3.63) is 45.7 Å². The molecule has 1 aliphatic heterocycles. The first-order valence-electron chi connectivity index (χ1n) is 6.15. The molecule has 0 fully saturated rings. The predicted molar refractivity (Wildman–Crippen MR) is 69.3 cm³/mol. The predicted octanol–water partition coefficient (Wildman–Crippen LogP) is 1.45. The fraction of sp³-hybridized carbons (Fsp3) is 0.357. The minimum absolute atomic E-state index is 0.177. The van der Waals surface area contributed by atoms with Crippen LogP contribution < -0.4 is 11.3 Å². The Labute approximate surface area is 99.9 Å². The number of aromatic nitrogens is 1. The molecule has 0 saturated heterocycles. The molecular weight excluding hydrogens is 212 g/mol. The van der Waals surface area contributed by atoms with Gasteiger partial charge in [-0.3, -0.25) is 4.79 Å². The van der Waals surface area contributed by atoms with E-state index in [-0.39, 0.29) is 5.56 Å². The maximum Gasteiger partial charge on any atom is 0.254 e. The van der Waals surface area contributed by atoms with Crippen molar-refractivity contribution in [2.24, 2.45) is 5.73 Å². The van der Waals surface area contributed by atoms with Crippen LogP contribution in [0.3, 0.4) is 0 Å². The van der Waals surface area contributed by atoms with Crippen LogP contribution in [0.2, 0.25) is 0 Å². The first kappa shape index (κ1) is 10.5. The Balaban J connectivity index is 2.23. The normalized spacial score (nSPS) is 13.5. The summed E-state index contributed by atoms with van der Waals surface area (Å²) in [6.45, 7) is 1.46. The molecule has 3 heteroatoms. The van der Waals surface area contributed by atoms with Gasteiger partial charge in [0.1, 0.15) is 0 Å². The van der Waals surface area contributed by atoms with Gasteiger partial charge in [0.2, 0.25) is 0 Å². The second kappa shape index (κ2) is 4.00. The number of aryl methyl sites for hydroxylation is 3. The second-order valence-electron chi connectivity index (χ2n) is 4.62. The maximum atomic E-state index is 12.3. The summed E-state index contributed by atoms with van der Waals surface area (Å²) in [5.74, 6) is 0. The molecule has 1 aromatic carbocycles. The van der Waals surface area contributed by atoms with Crippen LogP contribution in [0.4, 0.5) is 0 Å². The van der Waals surface area contributed by atoms with Gasteiger partial charge in [-0.2, -0.15) is 0 Å². The summed E-state index contributed by atoms with van der Waals surface area (Å²) in [5.41, 5.74) is 9.02. The molecule has 0 bridgehead atoms. The van der Waals surface area contributed by atoms with Gasteiger partial charge < -0.3 is 10.3 Å². The van der Waals surface area contributed by atoms with Crippen molar-refractivity contribution in [2.75, 3.05) is 6.54 Å². The molecule has 17 heavy (non-hydrogen) atoms. The van der Waals surface area contributed by atoms with E-state index in [1.807, 2.05) is 10.6 Å². The molecular formula is C14H16N2O. The Morgan fingerprint density at radius 2 is 2.24 bits per heavy atom. The Kier molecular flexibility index (Phi) is 2.48. The van der Waals surface area contributed by atoms with Crippen LogP contribution in [-0.2, 0) is 19.4 Å². The quantitative estimate of drug-likeness (QED) is 0.864. The number of hydrogen-bond donors (Lipinski definition) is 1. The standard InChI is InChI=1S/C14H16N2O/c15-7-2-5-12-9-11-4-1-3-10-6-8-16(13(10)11)14(12)17/h1,3-4,9H,2,5-8,15H2. The number of rotatable bonds is 3. The number of nitrogens with zero attached hydrogens (tertiary/aromatic N) is 1. The summed E-state index contributed by atoms with van der Waals surface area (Å²) < 4.78 is 1.93. The number of nitrogens with two attached hydrogens (primary N) is 1. The zero-order chi connectivity index (χ0) is 11.8. The molecule has 0 aliphatic carbocycles. The Morgan fingerprint density at radius 3 is 3.06 bits per heavy atom. The van der Waals surface area contributed by atoms with Crippen LogP contribution >= 0.6 is 0 Å². The van der Waals surface area contributed by atoms with Crippen molar-refractivity contribution in [3.63, 3.8) is 0 Å². The van der Waals surface area contributed by atoms with Crippen LogP contribution in [0.25, 0.3) is 10.9 Å². The summed E-state index contributed by atoms with van der Waals surface area (Å²) in [7, 11) is 0. The Bertz CT molecular complexity index is 628. The lowest BCUT2D eigenvalue weighted by molar-refractivity contribution is 0.722. The fourth-order valence-electron chi connectivity index (χ4n) is 2.70. The minimum Gasteiger partial charge on any atom is -0.330 e. The van der Waals surface area contributed by atoms with Gasteiger partial charge in [0, 0.05) is 12.1 Å². The summed E-state index contributed by atoms with van der Waals surface area (Å²) in [4.78, 5) is 12.3. The molecule has 2 aromatic rings. The van der Waals surface area contributed by atoms with Crippen LogP contribution in [0.1, 0.15) is 17.5 Å². The maximum absolute atomic E-state index is 12.3. The third-order valence-corrected chi connectivity index (χ3v) is 3.53. The summed E-state index contributed by atoms with van der Waals surface area (Å²) in [6, 6.07) is 8.32. The summed E-state index contributed by atoms with van der Waals surface area (Å²) in [5, 5.41) is 1.19. The van der Waals surface area contributed by atoms with Crippen molar-refractivity contribution in [2.45, 2.75) is 25.8 Å². The van der Waals surface area contributed by atoms with E-state index in [1.54, 1.807) is 0 Å². The molecule has 1 aliphatic rings. The number of hydrogen-bond acceptors (Lipinski definition) is 2. The Hall–Kier alpha value is -1.61. The fourth-order valence-corrected chi connectivity index (χ4v) is 2.70. The van der Waals surface area contributed by atoms with Gasteiger partial charge in [-0.25, -0.2) is 0 Å². The number of pyridine rings is 1. The SMILES string of the molecule is NCCCc1cc2cccc3c2n(c1=O)CC3. The van der Waals surface area contributed by atoms with Crippen molar-refractivity contribution in [3.8, 4) is 0 Å². The monoisotopic (exact) mass is 228 g/mol. The number of para-hydroxylation sites is 1. The van der Waals surface area contributed by atoms with E-state index >= 15 is 0 Å². The lowest BCUT2D eigenvalue weighted by atomic mass is 10.1. The van der Waals surface area contributed by atoms with E-state index in [4.69, 9.17) is 5.73 Å². The first-order chi connectivity index (χ1) is 8.31. The molecule has 0 saturated carbocycles. The van der Waals surface area contributed by atoms with Crippen LogP contribution in [-0.4, -0.2) is 11.1 Å². The molecule has 88 valence electrons. The van der Waals surface area contributed by atoms with Gasteiger partial charge in [-0.15, -0.1) is 0 Å². The van der Waals surface area contributed by atoms with E-state index in [0.29, 0.717) is 6.54 Å². The van der Waals surface area contributed by atoms with E-state index in [1.165, 1.54) is 10.9 Å². The minimum atomic E-state index is 0.177. The van der Waals surface area contributed by atoms with Gasteiger partial charge in [-0.1, -0.05) is 18.2 Å². The van der Waals surface area contributed by atoms with Crippen molar-refractivity contribution in [1.82, 2.24) is 4.57 Å². The average molecular weight is 228 g/mol. The van der Waals surface area contributed by atoms with Crippen LogP contribution in [0.15, 0.2) is 29.1 Å². The zero-order valence-electron chi connectivity index (χ0n) is 9.78. The molecule has 0 radical (unpaired) electrons. The van der Waals surface area contributed by atoms with Gasteiger partial charge in [0.15, 0.2) is 0 Å². The number of benzene rings is 1. The van der Waals surface area contributed by atoms with Gasteiger partial charge >= 0.3 is 0 Å². The van der Waals surface area contributed by atoms with E-state index in [9.17, 15) is 4.79 Å². The van der Waals surface area contributed by atoms with Gasteiger partial charge in [0.05, 0.1) is 5.52 Å². The molecule has 0 amide bonds. The molecule has 0 spiro atoms. The van der Waals surface area contributed by atoms with Crippen molar-refractivity contribution in [1.29, 1.82) is 0 Å². The third kappa shape index (κ3) is 1.58. The van der Waals surface area contributed by atoms with E-state index in [0.717, 1.165) is 36.9 Å². The highest BCUT2D eigenvalue weighted by molar-refractivity contribution is 5.84. The molecule has 0 unspecified atom stereocenters. The first-order valence-corrected chi connectivity index (χ1v) is 6.15. The lowest BCUT2D eigenvalue weighted by Crippen LogP contribution is -2.22. The molecule has 1 aromatic heterocycles. The third-order valence-electron chi connectivity index (χ3n) is 3.53. The van der Waals surface area contributed by atoms with E-state index < -0.39 is 0 Å². The van der Waals surface area contributed by atoms with Crippen LogP contribution in [0.5, 0.6) is 0 Å².